The zero-order valence-electron chi connectivity index (χ0n) is 11.7. The number of amides is 1. The first-order valence-corrected chi connectivity index (χ1v) is 7.03. The van der Waals surface area contributed by atoms with Gasteiger partial charge in [-0.15, -0.1) is 0 Å². The Morgan fingerprint density at radius 3 is 2.53 bits per heavy atom. The van der Waals surface area contributed by atoms with E-state index in [1.807, 2.05) is 19.1 Å². The Hall–Kier alpha value is -1.39. The van der Waals surface area contributed by atoms with Gasteiger partial charge in [0.15, 0.2) is 6.04 Å². The molecule has 1 aromatic carbocycles. The molecule has 0 aromatic heterocycles. The van der Waals surface area contributed by atoms with Crippen LogP contribution in [-0.2, 0) is 16.0 Å². The van der Waals surface area contributed by atoms with Crippen molar-refractivity contribution in [3.8, 4) is 0 Å². The highest BCUT2D eigenvalue weighted by Crippen LogP contribution is 2.10. The molecule has 1 amide bonds. The van der Waals surface area contributed by atoms with Crippen molar-refractivity contribution in [3.05, 3.63) is 29.8 Å². The minimum atomic E-state index is -0.0326. The van der Waals surface area contributed by atoms with Crippen LogP contribution in [0.3, 0.4) is 0 Å². The van der Waals surface area contributed by atoms with E-state index in [1.54, 1.807) is 0 Å². The highest BCUT2D eigenvalue weighted by Gasteiger charge is 2.26. The molecular formula is C15H23N2O2+. The van der Waals surface area contributed by atoms with E-state index in [2.05, 4.69) is 24.4 Å². The summed E-state index contributed by atoms with van der Waals surface area (Å²) in [4.78, 5) is 13.5. The molecule has 1 heterocycles. The molecule has 1 aliphatic rings. The molecule has 4 heteroatoms. The fraction of sp³-hybridized carbons (Fsp3) is 0.533. The van der Waals surface area contributed by atoms with E-state index in [-0.39, 0.29) is 11.9 Å². The Labute approximate surface area is 114 Å². The van der Waals surface area contributed by atoms with E-state index in [1.165, 1.54) is 10.5 Å². The van der Waals surface area contributed by atoms with Crippen LogP contribution in [0.4, 0.5) is 5.69 Å². The van der Waals surface area contributed by atoms with Crippen molar-refractivity contribution in [1.82, 2.24) is 0 Å². The maximum Gasteiger partial charge on any atom is 0.282 e. The van der Waals surface area contributed by atoms with Crippen molar-refractivity contribution in [2.45, 2.75) is 26.3 Å². The molecule has 2 rings (SSSR count). The molecule has 0 saturated carbocycles. The molecule has 0 aliphatic carbocycles. The topological polar surface area (TPSA) is 42.8 Å². The number of rotatable bonds is 4. The van der Waals surface area contributed by atoms with Crippen molar-refractivity contribution < 1.29 is 14.4 Å². The maximum absolute atomic E-state index is 12.2. The largest absolute Gasteiger partial charge is 0.370 e. The molecule has 1 atom stereocenters. The molecule has 1 saturated heterocycles. The van der Waals surface area contributed by atoms with Crippen molar-refractivity contribution in [3.63, 3.8) is 0 Å². The van der Waals surface area contributed by atoms with E-state index < -0.39 is 0 Å². The highest BCUT2D eigenvalue weighted by atomic mass is 16.5. The zero-order chi connectivity index (χ0) is 13.7. The summed E-state index contributed by atoms with van der Waals surface area (Å²) in [6.07, 6.45) is 1.02. The minimum absolute atomic E-state index is 0.0326. The summed E-state index contributed by atoms with van der Waals surface area (Å²) in [6, 6.07) is 8.02. The van der Waals surface area contributed by atoms with Gasteiger partial charge in [-0.1, -0.05) is 19.1 Å². The van der Waals surface area contributed by atoms with Gasteiger partial charge in [0.25, 0.3) is 5.91 Å². The molecule has 2 N–H and O–H groups in total. The number of benzene rings is 1. The molecule has 104 valence electrons. The Balaban J connectivity index is 1.91. The predicted octanol–water partition coefficient (Wildman–Crippen LogP) is 0.491. The second-order valence-electron chi connectivity index (χ2n) is 5.03. The number of quaternary nitrogens is 1. The third-order valence-electron chi connectivity index (χ3n) is 3.77. The lowest BCUT2D eigenvalue weighted by molar-refractivity contribution is -0.921. The minimum Gasteiger partial charge on any atom is -0.370 e. The number of hydrogen-bond acceptors (Lipinski definition) is 2. The SMILES string of the molecule is CCc1ccc(NC(=O)[C@@H](C)[NH+]2CCOCC2)cc1. The van der Waals surface area contributed by atoms with Crippen molar-refractivity contribution in [1.29, 1.82) is 0 Å². The number of morpholine rings is 1. The van der Waals surface area contributed by atoms with Gasteiger partial charge in [0.1, 0.15) is 13.1 Å². The molecule has 1 aromatic rings. The average Bonchev–Trinajstić information content (AvgIpc) is 2.48. The highest BCUT2D eigenvalue weighted by molar-refractivity contribution is 5.93. The van der Waals surface area contributed by atoms with Gasteiger partial charge in [0, 0.05) is 5.69 Å². The van der Waals surface area contributed by atoms with Crippen molar-refractivity contribution >= 4 is 11.6 Å². The summed E-state index contributed by atoms with van der Waals surface area (Å²) >= 11 is 0. The molecule has 1 fully saturated rings. The zero-order valence-corrected chi connectivity index (χ0v) is 11.7. The number of anilines is 1. The van der Waals surface area contributed by atoms with Gasteiger partial charge in [-0.25, -0.2) is 0 Å². The van der Waals surface area contributed by atoms with E-state index in [4.69, 9.17) is 4.74 Å². The van der Waals surface area contributed by atoms with Gasteiger partial charge in [0.05, 0.1) is 13.2 Å². The standard InChI is InChI=1S/C15H22N2O2/c1-3-13-4-6-14(7-5-13)16-15(18)12(2)17-8-10-19-11-9-17/h4-7,12H,3,8-11H2,1-2H3,(H,16,18)/p+1/t12-/m1/s1. The lowest BCUT2D eigenvalue weighted by atomic mass is 10.1. The first-order valence-electron chi connectivity index (χ1n) is 7.03. The van der Waals surface area contributed by atoms with Crippen molar-refractivity contribution in [2.75, 3.05) is 31.6 Å². The van der Waals surface area contributed by atoms with Crippen LogP contribution in [0.1, 0.15) is 19.4 Å². The van der Waals surface area contributed by atoms with Crippen LogP contribution in [0, 0.1) is 0 Å². The fourth-order valence-corrected chi connectivity index (χ4v) is 2.33. The smallest absolute Gasteiger partial charge is 0.282 e. The number of nitrogens with one attached hydrogen (secondary N) is 2. The fourth-order valence-electron chi connectivity index (χ4n) is 2.33. The summed E-state index contributed by atoms with van der Waals surface area (Å²) in [6.45, 7) is 7.41. The Bertz CT molecular complexity index is 411. The molecule has 0 spiro atoms. The van der Waals surface area contributed by atoms with Crippen LogP contribution >= 0.6 is 0 Å². The van der Waals surface area contributed by atoms with Crippen molar-refractivity contribution in [2.24, 2.45) is 0 Å². The van der Waals surface area contributed by atoms with Crippen LogP contribution in [-0.4, -0.2) is 38.3 Å². The van der Waals surface area contributed by atoms with Crippen LogP contribution in [0.25, 0.3) is 0 Å². The normalized spacial score (nSPS) is 18.0. The second kappa shape index (κ2) is 6.68. The molecule has 1 aliphatic heterocycles. The van der Waals surface area contributed by atoms with Crippen LogP contribution < -0.4 is 10.2 Å². The number of hydrogen-bond donors (Lipinski definition) is 2. The third-order valence-corrected chi connectivity index (χ3v) is 3.77. The third kappa shape index (κ3) is 3.78. The van der Waals surface area contributed by atoms with Crippen LogP contribution in [0.2, 0.25) is 0 Å². The lowest BCUT2D eigenvalue weighted by Crippen LogP contribution is -3.18. The lowest BCUT2D eigenvalue weighted by Gasteiger charge is -2.28. The number of aryl methyl sites for hydroxylation is 1. The summed E-state index contributed by atoms with van der Waals surface area (Å²) in [5.74, 6) is 0.0844. The van der Waals surface area contributed by atoms with Gasteiger partial charge in [-0.05, 0) is 31.0 Å². The molecule has 0 bridgehead atoms. The summed E-state index contributed by atoms with van der Waals surface area (Å²) in [5, 5.41) is 2.99. The molecule has 4 nitrogen and oxygen atoms in total. The first-order chi connectivity index (χ1) is 9.20. The average molecular weight is 263 g/mol. The van der Waals surface area contributed by atoms with Crippen LogP contribution in [0.15, 0.2) is 24.3 Å². The first kappa shape index (κ1) is 14.0. The Kier molecular flexibility index (Phi) is 4.93. The Morgan fingerprint density at radius 2 is 1.95 bits per heavy atom. The van der Waals surface area contributed by atoms with E-state index in [0.29, 0.717) is 0 Å². The quantitative estimate of drug-likeness (QED) is 0.830. The summed E-state index contributed by atoms with van der Waals surface area (Å²) < 4.78 is 5.32. The number of ether oxygens (including phenoxy) is 1. The number of carbonyl (C=O) groups is 1. The van der Waals surface area contributed by atoms with Gasteiger partial charge >= 0.3 is 0 Å². The summed E-state index contributed by atoms with van der Waals surface area (Å²) in [5.41, 5.74) is 2.16. The van der Waals surface area contributed by atoms with Gasteiger partial charge in [-0.2, -0.15) is 0 Å². The van der Waals surface area contributed by atoms with E-state index >= 15 is 0 Å². The molecule has 0 unspecified atom stereocenters. The monoisotopic (exact) mass is 263 g/mol. The van der Waals surface area contributed by atoms with E-state index in [0.717, 1.165) is 38.4 Å². The molecular weight excluding hydrogens is 240 g/mol. The number of carbonyl (C=O) groups excluding carboxylic acids is 1. The predicted molar refractivity (Wildman–Crippen MR) is 75.4 cm³/mol. The molecule has 19 heavy (non-hydrogen) atoms. The maximum atomic E-state index is 12.2. The molecule has 0 radical (unpaired) electrons. The van der Waals surface area contributed by atoms with E-state index in [9.17, 15) is 4.79 Å². The second-order valence-corrected chi connectivity index (χ2v) is 5.03. The Morgan fingerprint density at radius 1 is 1.32 bits per heavy atom. The van der Waals surface area contributed by atoms with Gasteiger partial charge in [0.2, 0.25) is 0 Å². The van der Waals surface area contributed by atoms with Crippen LogP contribution in [0.5, 0.6) is 0 Å². The van der Waals surface area contributed by atoms with Gasteiger partial charge in [-0.3, -0.25) is 4.79 Å². The summed E-state index contributed by atoms with van der Waals surface area (Å²) in [7, 11) is 0. The van der Waals surface area contributed by atoms with Gasteiger partial charge < -0.3 is 15.0 Å².